The van der Waals surface area contributed by atoms with Crippen LogP contribution in [-0.4, -0.2) is 9.55 Å². The number of nitrogens with zero attached hydrogens (tertiary/aromatic N) is 1. The fourth-order valence-corrected chi connectivity index (χ4v) is 1.88. The van der Waals surface area contributed by atoms with E-state index in [1.807, 2.05) is 30.3 Å². The van der Waals surface area contributed by atoms with Crippen LogP contribution in [0.4, 0.5) is 5.82 Å². The van der Waals surface area contributed by atoms with Crippen LogP contribution in [0.15, 0.2) is 46.0 Å². The number of hydrogen-bond acceptors (Lipinski definition) is 3. The van der Waals surface area contributed by atoms with Crippen molar-refractivity contribution < 1.29 is 0 Å². The average Bonchev–Trinajstić information content (AvgIpc) is 3.33. The van der Waals surface area contributed by atoms with E-state index in [0.29, 0.717) is 12.4 Å². The summed E-state index contributed by atoms with van der Waals surface area (Å²) in [7, 11) is 0. The highest BCUT2D eigenvalue weighted by Gasteiger charge is 2.07. The van der Waals surface area contributed by atoms with E-state index in [4.69, 9.17) is 0 Å². The van der Waals surface area contributed by atoms with Gasteiger partial charge in [-0.05, 0) is 19.4 Å². The molecule has 1 aliphatic carbocycles. The SMILES string of the molecule is C1CC1.CC(C)n1c(=O)cc(NCc2ccccc2)[nH]c1=O. The quantitative estimate of drug-likeness (QED) is 0.912. The van der Waals surface area contributed by atoms with E-state index >= 15 is 0 Å². The van der Waals surface area contributed by atoms with Crippen molar-refractivity contribution >= 4 is 5.82 Å². The van der Waals surface area contributed by atoms with Crippen molar-refractivity contribution in [1.29, 1.82) is 0 Å². The van der Waals surface area contributed by atoms with Crippen molar-refractivity contribution in [2.75, 3.05) is 5.32 Å². The normalized spacial score (nSPS) is 12.5. The number of rotatable bonds is 4. The zero-order valence-corrected chi connectivity index (χ0v) is 13.1. The van der Waals surface area contributed by atoms with Gasteiger partial charge in [-0.1, -0.05) is 49.6 Å². The molecule has 1 aromatic heterocycles. The Morgan fingerprint density at radius 2 is 1.77 bits per heavy atom. The van der Waals surface area contributed by atoms with E-state index in [-0.39, 0.29) is 11.6 Å². The van der Waals surface area contributed by atoms with Crippen LogP contribution in [0.25, 0.3) is 0 Å². The topological polar surface area (TPSA) is 66.9 Å². The molecule has 1 saturated carbocycles. The largest absolute Gasteiger partial charge is 0.367 e. The van der Waals surface area contributed by atoms with Crippen molar-refractivity contribution in [3.05, 3.63) is 62.8 Å². The number of benzene rings is 1. The Bertz CT molecular complexity index is 666. The number of hydrogen-bond donors (Lipinski definition) is 2. The lowest BCUT2D eigenvalue weighted by Gasteiger charge is -2.10. The lowest BCUT2D eigenvalue weighted by Crippen LogP contribution is -2.36. The fourth-order valence-electron chi connectivity index (χ4n) is 1.88. The van der Waals surface area contributed by atoms with Gasteiger partial charge in [-0.2, -0.15) is 0 Å². The molecule has 2 aromatic rings. The predicted octanol–water partition coefficient (Wildman–Crippen LogP) is 2.90. The first-order valence-corrected chi connectivity index (χ1v) is 7.71. The number of aromatic nitrogens is 2. The minimum atomic E-state index is -0.391. The van der Waals surface area contributed by atoms with Crippen LogP contribution < -0.4 is 16.6 Å². The predicted molar refractivity (Wildman–Crippen MR) is 89.3 cm³/mol. The van der Waals surface area contributed by atoms with Crippen LogP contribution in [0.3, 0.4) is 0 Å². The second kappa shape index (κ2) is 7.64. The highest BCUT2D eigenvalue weighted by molar-refractivity contribution is 5.33. The van der Waals surface area contributed by atoms with Gasteiger partial charge >= 0.3 is 5.69 Å². The molecule has 0 bridgehead atoms. The third-order valence-electron chi connectivity index (χ3n) is 3.16. The van der Waals surface area contributed by atoms with E-state index in [9.17, 15) is 9.59 Å². The molecule has 3 rings (SSSR count). The summed E-state index contributed by atoms with van der Waals surface area (Å²) in [4.78, 5) is 26.3. The van der Waals surface area contributed by atoms with Gasteiger partial charge in [0.15, 0.2) is 0 Å². The molecular formula is C17H23N3O2. The molecule has 1 aromatic carbocycles. The number of nitrogens with one attached hydrogen (secondary N) is 2. The van der Waals surface area contributed by atoms with Gasteiger partial charge in [0.2, 0.25) is 0 Å². The molecule has 0 radical (unpaired) electrons. The molecule has 0 saturated heterocycles. The Morgan fingerprint density at radius 1 is 1.14 bits per heavy atom. The molecule has 0 spiro atoms. The molecule has 0 unspecified atom stereocenters. The van der Waals surface area contributed by atoms with E-state index in [1.54, 1.807) is 13.8 Å². The molecule has 0 amide bonds. The average molecular weight is 301 g/mol. The van der Waals surface area contributed by atoms with Gasteiger partial charge in [0.05, 0.1) is 0 Å². The van der Waals surface area contributed by atoms with Gasteiger partial charge in [-0.15, -0.1) is 0 Å². The molecule has 0 aliphatic heterocycles. The molecular weight excluding hydrogens is 278 g/mol. The van der Waals surface area contributed by atoms with E-state index in [2.05, 4.69) is 10.3 Å². The summed E-state index contributed by atoms with van der Waals surface area (Å²) in [5.41, 5.74) is 0.392. The van der Waals surface area contributed by atoms with Crippen LogP contribution in [0.1, 0.15) is 44.7 Å². The Balaban J connectivity index is 0.000000523. The Labute approximate surface area is 130 Å². The number of anilines is 1. The zero-order chi connectivity index (χ0) is 15.9. The third kappa shape index (κ3) is 4.91. The third-order valence-corrected chi connectivity index (χ3v) is 3.16. The molecule has 0 atom stereocenters. The van der Waals surface area contributed by atoms with Crippen molar-refractivity contribution in [1.82, 2.24) is 9.55 Å². The van der Waals surface area contributed by atoms with Crippen LogP contribution in [-0.2, 0) is 6.54 Å². The molecule has 1 heterocycles. The standard InChI is InChI=1S/C14H17N3O2.C3H6/c1-10(2)17-13(18)8-12(16-14(17)19)15-9-11-6-4-3-5-7-11;1-2-3-1/h3-8,10,15H,9H2,1-2H3,(H,16,19);1-3H2. The minimum absolute atomic E-state index is 0.153. The highest BCUT2D eigenvalue weighted by Crippen LogP contribution is 2.14. The summed E-state index contributed by atoms with van der Waals surface area (Å²) in [6, 6.07) is 11.0. The number of aromatic amines is 1. The first kappa shape index (κ1) is 16.1. The van der Waals surface area contributed by atoms with Crippen molar-refractivity contribution in [2.45, 2.75) is 45.7 Å². The monoisotopic (exact) mass is 301 g/mol. The fraction of sp³-hybridized carbons (Fsp3) is 0.412. The van der Waals surface area contributed by atoms with E-state index in [0.717, 1.165) is 5.56 Å². The molecule has 5 heteroatoms. The van der Waals surface area contributed by atoms with Crippen molar-refractivity contribution in [3.63, 3.8) is 0 Å². The molecule has 118 valence electrons. The minimum Gasteiger partial charge on any atom is -0.367 e. The smallest absolute Gasteiger partial charge is 0.330 e. The summed E-state index contributed by atoms with van der Waals surface area (Å²) in [5.74, 6) is 0.441. The first-order valence-electron chi connectivity index (χ1n) is 7.71. The van der Waals surface area contributed by atoms with Gasteiger partial charge in [0, 0.05) is 18.7 Å². The van der Waals surface area contributed by atoms with Crippen LogP contribution in [0, 0.1) is 0 Å². The Kier molecular flexibility index (Phi) is 5.58. The van der Waals surface area contributed by atoms with Crippen LogP contribution in [0.5, 0.6) is 0 Å². The maximum atomic E-state index is 11.8. The maximum Gasteiger partial charge on any atom is 0.330 e. The Hall–Kier alpha value is -2.30. The maximum absolute atomic E-state index is 11.8. The van der Waals surface area contributed by atoms with Gasteiger partial charge in [-0.25, -0.2) is 4.79 Å². The van der Waals surface area contributed by atoms with Gasteiger partial charge < -0.3 is 5.32 Å². The Morgan fingerprint density at radius 3 is 2.27 bits per heavy atom. The summed E-state index contributed by atoms with van der Waals surface area (Å²) in [6.45, 7) is 4.16. The van der Waals surface area contributed by atoms with Crippen LogP contribution >= 0.6 is 0 Å². The summed E-state index contributed by atoms with van der Waals surface area (Å²) < 4.78 is 1.19. The molecule has 2 N–H and O–H groups in total. The highest BCUT2D eigenvalue weighted by atomic mass is 16.2. The van der Waals surface area contributed by atoms with E-state index < -0.39 is 5.69 Å². The van der Waals surface area contributed by atoms with Crippen molar-refractivity contribution in [2.24, 2.45) is 0 Å². The molecule has 1 aliphatic rings. The van der Waals surface area contributed by atoms with E-state index in [1.165, 1.54) is 29.9 Å². The summed E-state index contributed by atoms with van der Waals surface area (Å²) in [6.07, 6.45) is 4.50. The van der Waals surface area contributed by atoms with Gasteiger partial charge in [0.25, 0.3) is 5.56 Å². The molecule has 22 heavy (non-hydrogen) atoms. The first-order chi connectivity index (χ1) is 10.6. The van der Waals surface area contributed by atoms with Crippen molar-refractivity contribution in [3.8, 4) is 0 Å². The number of H-pyrrole nitrogens is 1. The summed E-state index contributed by atoms with van der Waals surface area (Å²) >= 11 is 0. The van der Waals surface area contributed by atoms with Gasteiger partial charge in [0.1, 0.15) is 5.82 Å². The van der Waals surface area contributed by atoms with Gasteiger partial charge in [-0.3, -0.25) is 14.3 Å². The zero-order valence-electron chi connectivity index (χ0n) is 13.1. The lowest BCUT2D eigenvalue weighted by atomic mass is 10.2. The second-order valence-corrected chi connectivity index (χ2v) is 5.69. The van der Waals surface area contributed by atoms with Crippen LogP contribution in [0.2, 0.25) is 0 Å². The lowest BCUT2D eigenvalue weighted by molar-refractivity contribution is 0.546. The molecule has 5 nitrogen and oxygen atoms in total. The summed E-state index contributed by atoms with van der Waals surface area (Å²) in [5, 5.41) is 3.04. The molecule has 1 fully saturated rings. The second-order valence-electron chi connectivity index (χ2n) is 5.69.